The van der Waals surface area contributed by atoms with E-state index in [1.807, 2.05) is 0 Å². The van der Waals surface area contributed by atoms with Crippen molar-refractivity contribution in [2.45, 2.75) is 6.04 Å². The molecule has 1 aromatic carbocycles. The Balaban J connectivity index is 2.43. The molecule has 0 saturated carbocycles. The molecule has 1 heterocycles. The normalized spacial score (nSPS) is 12.8. The number of nitrogens with two attached hydrogens (primary N) is 1. The Labute approximate surface area is 123 Å². The Kier molecular flexibility index (Phi) is 4.24. The van der Waals surface area contributed by atoms with E-state index in [1.54, 1.807) is 24.3 Å². The summed E-state index contributed by atoms with van der Waals surface area (Å²) < 4.78 is 1.19. The molecule has 90 valence electrons. The largest absolute Gasteiger partial charge is 0.320 e. The van der Waals surface area contributed by atoms with E-state index in [0.29, 0.717) is 18.7 Å². The summed E-state index contributed by atoms with van der Waals surface area (Å²) >= 11 is 25.1. The predicted octanol–water partition coefficient (Wildman–Crippen LogP) is 5.41. The fourth-order valence-electron chi connectivity index (χ4n) is 1.50. The van der Waals surface area contributed by atoms with Crippen molar-refractivity contribution in [2.24, 2.45) is 5.73 Å². The second kappa shape index (κ2) is 5.35. The minimum atomic E-state index is -0.387. The van der Waals surface area contributed by atoms with Crippen molar-refractivity contribution in [2.75, 3.05) is 0 Å². The monoisotopic (exact) mass is 325 g/mol. The van der Waals surface area contributed by atoms with Crippen LogP contribution in [0.15, 0.2) is 24.3 Å². The van der Waals surface area contributed by atoms with Crippen LogP contribution in [0.4, 0.5) is 0 Å². The third-order valence-electron chi connectivity index (χ3n) is 2.26. The molecule has 2 N–H and O–H groups in total. The first-order valence-electron chi connectivity index (χ1n) is 4.63. The van der Waals surface area contributed by atoms with E-state index in [0.717, 1.165) is 11.1 Å². The Bertz CT molecular complexity index is 532. The van der Waals surface area contributed by atoms with Gasteiger partial charge in [0, 0.05) is 15.6 Å². The highest BCUT2D eigenvalue weighted by molar-refractivity contribution is 7.20. The maximum Gasteiger partial charge on any atom is 0.0995 e. The zero-order valence-corrected chi connectivity index (χ0v) is 12.2. The first kappa shape index (κ1) is 13.5. The summed E-state index contributed by atoms with van der Waals surface area (Å²) in [5.74, 6) is 0. The minimum Gasteiger partial charge on any atom is -0.320 e. The molecule has 1 aromatic heterocycles. The quantitative estimate of drug-likeness (QED) is 0.784. The standard InChI is InChI=1S/C11H7Cl4NS/c12-6-1-5(2-7(13)3-6)10(16)8-4-9(14)17-11(8)15/h1-4,10H,16H2. The second-order valence-electron chi connectivity index (χ2n) is 3.46. The summed E-state index contributed by atoms with van der Waals surface area (Å²) in [6.07, 6.45) is 0. The first-order chi connectivity index (χ1) is 7.97. The van der Waals surface area contributed by atoms with Crippen molar-refractivity contribution in [3.8, 4) is 0 Å². The van der Waals surface area contributed by atoms with E-state index in [4.69, 9.17) is 52.1 Å². The summed E-state index contributed by atoms with van der Waals surface area (Å²) in [7, 11) is 0. The Morgan fingerprint density at radius 3 is 2.00 bits per heavy atom. The molecule has 1 atom stereocenters. The van der Waals surface area contributed by atoms with Gasteiger partial charge in [0.25, 0.3) is 0 Å². The van der Waals surface area contributed by atoms with Crippen molar-refractivity contribution in [1.82, 2.24) is 0 Å². The molecule has 2 aromatic rings. The second-order valence-corrected chi connectivity index (χ2v) is 6.62. The van der Waals surface area contributed by atoms with Gasteiger partial charge in [0.1, 0.15) is 0 Å². The van der Waals surface area contributed by atoms with Gasteiger partial charge in [-0.25, -0.2) is 0 Å². The molecular formula is C11H7Cl4NS. The van der Waals surface area contributed by atoms with Crippen LogP contribution in [-0.4, -0.2) is 0 Å². The van der Waals surface area contributed by atoms with Gasteiger partial charge in [0.2, 0.25) is 0 Å². The van der Waals surface area contributed by atoms with Crippen LogP contribution in [0.1, 0.15) is 17.2 Å². The molecule has 0 saturated heterocycles. The molecule has 0 aliphatic carbocycles. The SMILES string of the molecule is NC(c1cc(Cl)cc(Cl)c1)c1cc(Cl)sc1Cl. The molecule has 0 aliphatic heterocycles. The molecule has 1 unspecified atom stereocenters. The molecule has 0 spiro atoms. The molecule has 0 aliphatic rings. The topological polar surface area (TPSA) is 26.0 Å². The van der Waals surface area contributed by atoms with Gasteiger partial charge < -0.3 is 5.73 Å². The number of hydrogen-bond acceptors (Lipinski definition) is 2. The molecular weight excluding hydrogens is 320 g/mol. The van der Waals surface area contributed by atoms with Crippen molar-refractivity contribution in [3.63, 3.8) is 0 Å². The van der Waals surface area contributed by atoms with E-state index in [2.05, 4.69) is 0 Å². The van der Waals surface area contributed by atoms with Crippen molar-refractivity contribution in [3.05, 3.63) is 54.1 Å². The van der Waals surface area contributed by atoms with Gasteiger partial charge in [-0.3, -0.25) is 0 Å². The van der Waals surface area contributed by atoms with Crippen molar-refractivity contribution in [1.29, 1.82) is 0 Å². The lowest BCUT2D eigenvalue weighted by atomic mass is 10.0. The van der Waals surface area contributed by atoms with E-state index >= 15 is 0 Å². The number of benzene rings is 1. The van der Waals surface area contributed by atoms with Gasteiger partial charge in [-0.15, -0.1) is 11.3 Å². The summed E-state index contributed by atoms with van der Waals surface area (Å²) in [6, 6.07) is 6.55. The average Bonchev–Trinajstić information content (AvgIpc) is 2.55. The van der Waals surface area contributed by atoms with E-state index in [-0.39, 0.29) is 6.04 Å². The zero-order chi connectivity index (χ0) is 12.6. The highest BCUT2D eigenvalue weighted by Gasteiger charge is 2.16. The van der Waals surface area contributed by atoms with Crippen molar-refractivity contribution >= 4 is 57.7 Å². The molecule has 0 radical (unpaired) electrons. The summed E-state index contributed by atoms with van der Waals surface area (Å²) in [5.41, 5.74) is 7.70. The van der Waals surface area contributed by atoms with Gasteiger partial charge in [0.05, 0.1) is 14.7 Å². The molecule has 1 nitrogen and oxygen atoms in total. The lowest BCUT2D eigenvalue weighted by Gasteiger charge is -2.12. The Morgan fingerprint density at radius 1 is 0.941 bits per heavy atom. The lowest BCUT2D eigenvalue weighted by molar-refractivity contribution is 0.877. The number of hydrogen-bond donors (Lipinski definition) is 1. The van der Waals surface area contributed by atoms with E-state index in [9.17, 15) is 0 Å². The highest BCUT2D eigenvalue weighted by Crippen LogP contribution is 2.37. The van der Waals surface area contributed by atoms with Gasteiger partial charge in [-0.05, 0) is 29.8 Å². The fourth-order valence-corrected chi connectivity index (χ4v) is 3.59. The zero-order valence-electron chi connectivity index (χ0n) is 8.38. The minimum absolute atomic E-state index is 0.387. The third kappa shape index (κ3) is 3.08. The maximum atomic E-state index is 6.11. The van der Waals surface area contributed by atoms with E-state index in [1.165, 1.54) is 11.3 Å². The Morgan fingerprint density at radius 2 is 1.53 bits per heavy atom. The average molecular weight is 327 g/mol. The van der Waals surface area contributed by atoms with Gasteiger partial charge in [0.15, 0.2) is 0 Å². The molecule has 2 rings (SSSR count). The predicted molar refractivity (Wildman–Crippen MR) is 76.8 cm³/mol. The lowest BCUT2D eigenvalue weighted by Crippen LogP contribution is -2.11. The van der Waals surface area contributed by atoms with Crippen LogP contribution in [0.3, 0.4) is 0 Å². The number of halogens is 4. The summed E-state index contributed by atoms with van der Waals surface area (Å²) in [6.45, 7) is 0. The third-order valence-corrected chi connectivity index (χ3v) is 4.22. The smallest absolute Gasteiger partial charge is 0.0995 e. The van der Waals surface area contributed by atoms with Crippen LogP contribution in [0.5, 0.6) is 0 Å². The maximum absolute atomic E-state index is 6.11. The van der Waals surface area contributed by atoms with Gasteiger partial charge >= 0.3 is 0 Å². The van der Waals surface area contributed by atoms with Crippen LogP contribution >= 0.6 is 57.7 Å². The first-order valence-corrected chi connectivity index (χ1v) is 6.96. The Hall–Kier alpha value is 0.0400. The summed E-state index contributed by atoms with van der Waals surface area (Å²) in [5, 5.41) is 1.08. The fraction of sp³-hybridized carbons (Fsp3) is 0.0909. The number of rotatable bonds is 2. The van der Waals surface area contributed by atoms with Crippen molar-refractivity contribution < 1.29 is 0 Å². The highest BCUT2D eigenvalue weighted by atomic mass is 35.5. The molecule has 0 fully saturated rings. The molecule has 6 heteroatoms. The van der Waals surface area contributed by atoms with Crippen LogP contribution in [0.2, 0.25) is 18.7 Å². The molecule has 0 amide bonds. The molecule has 0 bridgehead atoms. The van der Waals surface area contributed by atoms with Crippen LogP contribution in [0, 0.1) is 0 Å². The van der Waals surface area contributed by atoms with Gasteiger partial charge in [-0.2, -0.15) is 0 Å². The number of thiophene rings is 1. The van der Waals surface area contributed by atoms with Crippen LogP contribution < -0.4 is 5.73 Å². The summed E-state index contributed by atoms with van der Waals surface area (Å²) in [4.78, 5) is 0. The van der Waals surface area contributed by atoms with Gasteiger partial charge in [-0.1, -0.05) is 46.4 Å². The van der Waals surface area contributed by atoms with Crippen LogP contribution in [-0.2, 0) is 0 Å². The van der Waals surface area contributed by atoms with Crippen LogP contribution in [0.25, 0.3) is 0 Å². The molecule has 17 heavy (non-hydrogen) atoms. The van der Waals surface area contributed by atoms with E-state index < -0.39 is 0 Å².